The Labute approximate surface area is 162 Å². The summed E-state index contributed by atoms with van der Waals surface area (Å²) in [6, 6.07) is 21.7. The molecule has 0 N–H and O–H groups in total. The second-order valence-corrected chi connectivity index (χ2v) is 7.86. The number of carbonyl (C=O) groups excluding carboxylic acids is 1. The van der Waals surface area contributed by atoms with Crippen molar-refractivity contribution in [3.8, 4) is 0 Å². The molecule has 4 rings (SSSR count). The summed E-state index contributed by atoms with van der Waals surface area (Å²) in [5.74, 6) is 0.626. The summed E-state index contributed by atoms with van der Waals surface area (Å²) in [6.07, 6.45) is 5.67. The lowest BCUT2D eigenvalue weighted by Crippen LogP contribution is -2.46. The van der Waals surface area contributed by atoms with Gasteiger partial charge >= 0.3 is 0 Å². The van der Waals surface area contributed by atoms with E-state index in [9.17, 15) is 4.79 Å². The second kappa shape index (κ2) is 8.81. The van der Waals surface area contributed by atoms with Crippen LogP contribution in [0.1, 0.15) is 49.1 Å². The highest BCUT2D eigenvalue weighted by molar-refractivity contribution is 5.82. The van der Waals surface area contributed by atoms with Gasteiger partial charge in [0.05, 0.1) is 19.3 Å². The van der Waals surface area contributed by atoms with E-state index in [-0.39, 0.29) is 12.0 Å². The molecule has 0 radical (unpaired) electrons. The molecule has 0 amide bonds. The molecule has 1 saturated heterocycles. The van der Waals surface area contributed by atoms with E-state index < -0.39 is 0 Å². The molecule has 1 aliphatic carbocycles. The Morgan fingerprint density at radius 1 is 0.926 bits per heavy atom. The van der Waals surface area contributed by atoms with Crippen molar-refractivity contribution in [1.29, 1.82) is 0 Å². The predicted octanol–water partition coefficient (Wildman–Crippen LogP) is 4.42. The molecule has 2 atom stereocenters. The quantitative estimate of drug-likeness (QED) is 0.761. The van der Waals surface area contributed by atoms with Crippen LogP contribution in [0.3, 0.4) is 0 Å². The van der Waals surface area contributed by atoms with Crippen LogP contribution in [0.4, 0.5) is 0 Å². The van der Waals surface area contributed by atoms with Gasteiger partial charge in [-0.15, -0.1) is 0 Å². The third-order valence-corrected chi connectivity index (χ3v) is 6.07. The van der Waals surface area contributed by atoms with Crippen LogP contribution in [-0.4, -0.2) is 42.5 Å². The number of carbonyl (C=O) groups is 1. The summed E-state index contributed by atoms with van der Waals surface area (Å²) in [5.41, 5.74) is 2.60. The standard InChI is InChI=1S/C24H29NO2/c26-21-15-16-25(17-21)23-13-7-8-14-24(23)27-18-22(19-9-3-1-4-10-19)20-11-5-2-6-12-20/h1-6,9-12,22-24H,7-8,13-18H2/t23-,24+/m0/s1. The number of benzene rings is 2. The SMILES string of the molecule is O=C1CCN([C@H]2CCCC[C@H]2OCC(c2ccccc2)c2ccccc2)C1. The summed E-state index contributed by atoms with van der Waals surface area (Å²) >= 11 is 0. The zero-order valence-corrected chi connectivity index (χ0v) is 15.9. The third-order valence-electron chi connectivity index (χ3n) is 6.07. The fourth-order valence-corrected chi connectivity index (χ4v) is 4.60. The molecule has 1 saturated carbocycles. The van der Waals surface area contributed by atoms with Crippen LogP contribution < -0.4 is 0 Å². The first-order chi connectivity index (χ1) is 13.3. The predicted molar refractivity (Wildman–Crippen MR) is 108 cm³/mol. The first kappa shape index (κ1) is 18.4. The highest BCUT2D eigenvalue weighted by atomic mass is 16.5. The molecule has 27 heavy (non-hydrogen) atoms. The second-order valence-electron chi connectivity index (χ2n) is 7.86. The van der Waals surface area contributed by atoms with E-state index >= 15 is 0 Å². The number of Topliss-reactive ketones (excluding diaryl/α,β-unsaturated/α-hetero) is 1. The van der Waals surface area contributed by atoms with Crippen molar-refractivity contribution in [3.63, 3.8) is 0 Å². The molecule has 1 aliphatic heterocycles. The van der Waals surface area contributed by atoms with Gasteiger partial charge in [-0.1, -0.05) is 73.5 Å². The van der Waals surface area contributed by atoms with Crippen LogP contribution in [-0.2, 0) is 9.53 Å². The lowest BCUT2D eigenvalue weighted by atomic mass is 9.90. The summed E-state index contributed by atoms with van der Waals surface area (Å²) < 4.78 is 6.56. The van der Waals surface area contributed by atoms with E-state index in [0.29, 0.717) is 31.4 Å². The van der Waals surface area contributed by atoms with Gasteiger partial charge < -0.3 is 4.74 Å². The van der Waals surface area contributed by atoms with Crippen LogP contribution in [0.2, 0.25) is 0 Å². The van der Waals surface area contributed by atoms with Gasteiger partial charge in [-0.25, -0.2) is 0 Å². The van der Waals surface area contributed by atoms with E-state index in [2.05, 4.69) is 65.6 Å². The minimum atomic E-state index is 0.236. The van der Waals surface area contributed by atoms with Crippen LogP contribution in [0.25, 0.3) is 0 Å². The number of ketones is 1. The van der Waals surface area contributed by atoms with Gasteiger partial charge in [0, 0.05) is 24.9 Å². The zero-order chi connectivity index (χ0) is 18.5. The smallest absolute Gasteiger partial charge is 0.148 e. The van der Waals surface area contributed by atoms with Gasteiger partial charge in [0.1, 0.15) is 5.78 Å². The maximum Gasteiger partial charge on any atom is 0.148 e. The first-order valence-corrected chi connectivity index (χ1v) is 10.3. The van der Waals surface area contributed by atoms with Crippen molar-refractivity contribution >= 4 is 5.78 Å². The summed E-state index contributed by atoms with van der Waals surface area (Å²) in [5, 5.41) is 0. The fourth-order valence-electron chi connectivity index (χ4n) is 4.60. The topological polar surface area (TPSA) is 29.5 Å². The first-order valence-electron chi connectivity index (χ1n) is 10.3. The van der Waals surface area contributed by atoms with Crippen LogP contribution in [0.5, 0.6) is 0 Å². The van der Waals surface area contributed by atoms with Crippen LogP contribution in [0.15, 0.2) is 60.7 Å². The number of hydrogen-bond donors (Lipinski definition) is 0. The summed E-state index contributed by atoms with van der Waals surface area (Å²) in [6.45, 7) is 2.21. The van der Waals surface area contributed by atoms with E-state index in [1.807, 2.05) is 0 Å². The molecule has 2 aromatic carbocycles. The van der Waals surface area contributed by atoms with Gasteiger partial charge in [0.2, 0.25) is 0 Å². The van der Waals surface area contributed by atoms with Crippen molar-refractivity contribution < 1.29 is 9.53 Å². The van der Waals surface area contributed by atoms with Gasteiger partial charge in [0.15, 0.2) is 0 Å². The molecule has 3 heteroatoms. The maximum absolute atomic E-state index is 11.8. The van der Waals surface area contributed by atoms with Crippen molar-refractivity contribution in [2.75, 3.05) is 19.7 Å². The van der Waals surface area contributed by atoms with Gasteiger partial charge in [-0.2, -0.15) is 0 Å². The highest BCUT2D eigenvalue weighted by Gasteiger charge is 2.35. The number of ether oxygens (including phenoxy) is 1. The summed E-state index contributed by atoms with van der Waals surface area (Å²) in [4.78, 5) is 14.1. The third kappa shape index (κ3) is 4.48. The number of nitrogens with zero attached hydrogens (tertiary/aromatic N) is 1. The molecular weight excluding hydrogens is 334 g/mol. The molecule has 0 aromatic heterocycles. The zero-order valence-electron chi connectivity index (χ0n) is 15.9. The lowest BCUT2D eigenvalue weighted by Gasteiger charge is -2.38. The highest BCUT2D eigenvalue weighted by Crippen LogP contribution is 2.31. The number of rotatable bonds is 6. The molecular formula is C24H29NO2. The molecule has 0 bridgehead atoms. The Morgan fingerprint density at radius 2 is 1.56 bits per heavy atom. The van der Waals surface area contributed by atoms with Gasteiger partial charge in [-0.3, -0.25) is 9.69 Å². The Kier molecular flexibility index (Phi) is 6.00. The maximum atomic E-state index is 11.8. The average molecular weight is 364 g/mol. The number of likely N-dealkylation sites (tertiary alicyclic amines) is 1. The molecule has 1 heterocycles. The largest absolute Gasteiger partial charge is 0.376 e. The minimum absolute atomic E-state index is 0.236. The van der Waals surface area contributed by atoms with Crippen LogP contribution in [0, 0.1) is 0 Å². The van der Waals surface area contributed by atoms with Crippen molar-refractivity contribution in [2.24, 2.45) is 0 Å². The molecule has 2 aliphatic rings. The Morgan fingerprint density at radius 3 is 2.15 bits per heavy atom. The molecule has 0 unspecified atom stereocenters. The van der Waals surface area contributed by atoms with Crippen LogP contribution >= 0.6 is 0 Å². The molecule has 2 fully saturated rings. The number of hydrogen-bond acceptors (Lipinski definition) is 3. The molecule has 142 valence electrons. The normalized spacial score (nSPS) is 23.8. The minimum Gasteiger partial charge on any atom is -0.376 e. The van der Waals surface area contributed by atoms with E-state index in [4.69, 9.17) is 4.74 Å². The Hall–Kier alpha value is -1.97. The Balaban J connectivity index is 1.48. The lowest BCUT2D eigenvalue weighted by molar-refractivity contribution is -0.117. The fraction of sp³-hybridized carbons (Fsp3) is 0.458. The molecule has 3 nitrogen and oxygen atoms in total. The average Bonchev–Trinajstić information content (AvgIpc) is 3.16. The Bertz CT molecular complexity index is 691. The van der Waals surface area contributed by atoms with Crippen molar-refractivity contribution in [1.82, 2.24) is 4.90 Å². The van der Waals surface area contributed by atoms with E-state index in [1.165, 1.54) is 24.0 Å². The van der Waals surface area contributed by atoms with Gasteiger partial charge in [0.25, 0.3) is 0 Å². The van der Waals surface area contributed by atoms with E-state index in [1.54, 1.807) is 0 Å². The molecule has 2 aromatic rings. The van der Waals surface area contributed by atoms with Crippen molar-refractivity contribution in [3.05, 3.63) is 71.8 Å². The van der Waals surface area contributed by atoms with Gasteiger partial charge in [-0.05, 0) is 24.0 Å². The molecule has 0 spiro atoms. The summed E-state index contributed by atoms with van der Waals surface area (Å²) in [7, 11) is 0. The van der Waals surface area contributed by atoms with E-state index in [0.717, 1.165) is 19.4 Å². The monoisotopic (exact) mass is 363 g/mol. The van der Waals surface area contributed by atoms with Crippen molar-refractivity contribution in [2.45, 2.75) is 50.2 Å².